The van der Waals surface area contributed by atoms with Gasteiger partial charge < -0.3 is 5.32 Å². The van der Waals surface area contributed by atoms with Gasteiger partial charge in [-0.1, -0.05) is 51.6 Å². The Labute approximate surface area is 132 Å². The van der Waals surface area contributed by atoms with Gasteiger partial charge in [-0.25, -0.2) is 8.78 Å². The number of hydrogen-bond acceptors (Lipinski definition) is 1. The maximum absolute atomic E-state index is 13.6. The molecular weight excluding hydrogens is 292 g/mol. The van der Waals surface area contributed by atoms with Gasteiger partial charge in [-0.05, 0) is 43.0 Å². The largest absolute Gasteiger partial charge is 0.310 e. The first-order chi connectivity index (χ1) is 10.0. The fraction of sp³-hybridized carbons (Fsp3) is 0.647. The molecule has 2 atom stereocenters. The first-order valence-electron chi connectivity index (χ1n) is 7.92. The van der Waals surface area contributed by atoms with Crippen LogP contribution >= 0.6 is 11.6 Å². The van der Waals surface area contributed by atoms with Crippen LogP contribution in [0.25, 0.3) is 0 Å². The van der Waals surface area contributed by atoms with E-state index in [1.54, 1.807) is 0 Å². The molecular formula is C17H26ClF2N. The molecule has 0 amide bonds. The van der Waals surface area contributed by atoms with Crippen LogP contribution in [0.5, 0.6) is 0 Å². The summed E-state index contributed by atoms with van der Waals surface area (Å²) in [6, 6.07) is 2.31. The zero-order valence-electron chi connectivity index (χ0n) is 13.2. The molecule has 0 aromatic heterocycles. The van der Waals surface area contributed by atoms with E-state index in [1.165, 1.54) is 6.07 Å². The average Bonchev–Trinajstić information content (AvgIpc) is 2.47. The van der Waals surface area contributed by atoms with E-state index in [0.717, 1.165) is 44.7 Å². The van der Waals surface area contributed by atoms with Crippen molar-refractivity contribution >= 4 is 11.6 Å². The first-order valence-corrected chi connectivity index (χ1v) is 8.30. The number of unbranched alkanes of at least 4 members (excludes halogenated alkanes) is 1. The summed E-state index contributed by atoms with van der Waals surface area (Å²) >= 11 is 6.16. The van der Waals surface area contributed by atoms with E-state index in [-0.39, 0.29) is 6.04 Å². The number of halogens is 3. The van der Waals surface area contributed by atoms with Gasteiger partial charge in [-0.3, -0.25) is 0 Å². The fourth-order valence-electron chi connectivity index (χ4n) is 2.68. The summed E-state index contributed by atoms with van der Waals surface area (Å²) in [6.45, 7) is 7.22. The Hall–Kier alpha value is -0.670. The number of nitrogens with one attached hydrogen (secondary N) is 1. The van der Waals surface area contributed by atoms with Crippen LogP contribution in [0, 0.1) is 17.6 Å². The minimum atomic E-state index is -0.889. The van der Waals surface area contributed by atoms with E-state index >= 15 is 0 Å². The minimum absolute atomic E-state index is 0.0240. The second kappa shape index (κ2) is 9.37. The SMILES string of the molecule is CCCCC(CC)C(NCCC)c1cc(F)c(F)cc1Cl. The van der Waals surface area contributed by atoms with Crippen LogP contribution in [-0.4, -0.2) is 6.54 Å². The summed E-state index contributed by atoms with van der Waals surface area (Å²) in [5, 5.41) is 3.76. The number of rotatable bonds is 9. The topological polar surface area (TPSA) is 12.0 Å². The van der Waals surface area contributed by atoms with Crippen LogP contribution in [0.1, 0.15) is 64.5 Å². The van der Waals surface area contributed by atoms with Crippen molar-refractivity contribution in [3.63, 3.8) is 0 Å². The van der Waals surface area contributed by atoms with Gasteiger partial charge in [0.25, 0.3) is 0 Å². The molecule has 0 aliphatic rings. The van der Waals surface area contributed by atoms with E-state index < -0.39 is 11.6 Å². The first kappa shape index (κ1) is 18.4. The lowest BCUT2D eigenvalue weighted by molar-refractivity contribution is 0.322. The highest BCUT2D eigenvalue weighted by molar-refractivity contribution is 6.31. The van der Waals surface area contributed by atoms with E-state index in [2.05, 4.69) is 26.1 Å². The Morgan fingerprint density at radius 3 is 2.33 bits per heavy atom. The van der Waals surface area contributed by atoms with E-state index in [9.17, 15) is 8.78 Å². The van der Waals surface area contributed by atoms with Gasteiger partial charge in [0.2, 0.25) is 0 Å². The monoisotopic (exact) mass is 317 g/mol. The third-order valence-electron chi connectivity index (χ3n) is 3.91. The molecule has 1 N–H and O–H groups in total. The Bertz CT molecular complexity index is 437. The molecule has 0 spiro atoms. The van der Waals surface area contributed by atoms with Gasteiger partial charge in [0.1, 0.15) is 0 Å². The molecule has 0 bridgehead atoms. The summed E-state index contributed by atoms with van der Waals surface area (Å²) in [5.41, 5.74) is 0.673. The van der Waals surface area contributed by atoms with E-state index in [0.29, 0.717) is 16.5 Å². The molecule has 1 rings (SSSR count). The van der Waals surface area contributed by atoms with Gasteiger partial charge in [0.15, 0.2) is 11.6 Å². The second-order valence-corrected chi connectivity index (χ2v) is 5.94. The molecule has 0 radical (unpaired) electrons. The van der Waals surface area contributed by atoms with Crippen LogP contribution in [0.2, 0.25) is 5.02 Å². The zero-order chi connectivity index (χ0) is 15.8. The van der Waals surface area contributed by atoms with Crippen molar-refractivity contribution < 1.29 is 8.78 Å². The number of hydrogen-bond donors (Lipinski definition) is 1. The highest BCUT2D eigenvalue weighted by Gasteiger charge is 2.24. The van der Waals surface area contributed by atoms with Gasteiger partial charge in [0, 0.05) is 11.1 Å². The highest BCUT2D eigenvalue weighted by Crippen LogP contribution is 2.34. The van der Waals surface area contributed by atoms with Crippen molar-refractivity contribution in [3.8, 4) is 0 Å². The molecule has 0 aliphatic heterocycles. The smallest absolute Gasteiger partial charge is 0.160 e. The lowest BCUT2D eigenvalue weighted by Gasteiger charge is -2.29. The van der Waals surface area contributed by atoms with Crippen molar-refractivity contribution in [2.24, 2.45) is 5.92 Å². The predicted molar refractivity (Wildman–Crippen MR) is 85.7 cm³/mol. The Balaban J connectivity index is 3.07. The van der Waals surface area contributed by atoms with Crippen molar-refractivity contribution in [2.75, 3.05) is 6.54 Å². The van der Waals surface area contributed by atoms with Gasteiger partial charge in [-0.2, -0.15) is 0 Å². The standard InChI is InChI=1S/C17H26ClF2N/c1-4-7-8-12(6-3)17(21-9-5-2)13-10-15(19)16(20)11-14(13)18/h10-12,17,21H,4-9H2,1-3H3. The summed E-state index contributed by atoms with van der Waals surface area (Å²) in [5.74, 6) is -1.35. The molecule has 1 aromatic rings. The van der Waals surface area contributed by atoms with Crippen molar-refractivity contribution in [2.45, 2.75) is 58.9 Å². The quantitative estimate of drug-likeness (QED) is 0.561. The molecule has 0 heterocycles. The molecule has 0 saturated heterocycles. The molecule has 0 fully saturated rings. The molecule has 0 saturated carbocycles. The highest BCUT2D eigenvalue weighted by atomic mass is 35.5. The third kappa shape index (κ3) is 5.23. The van der Waals surface area contributed by atoms with Crippen molar-refractivity contribution in [1.29, 1.82) is 0 Å². The van der Waals surface area contributed by atoms with Crippen LogP contribution in [0.4, 0.5) is 8.78 Å². The minimum Gasteiger partial charge on any atom is -0.310 e. The molecule has 0 aliphatic carbocycles. The normalized spacial score (nSPS) is 14.2. The number of benzene rings is 1. The average molecular weight is 318 g/mol. The molecule has 21 heavy (non-hydrogen) atoms. The van der Waals surface area contributed by atoms with E-state index in [4.69, 9.17) is 11.6 Å². The summed E-state index contributed by atoms with van der Waals surface area (Å²) < 4.78 is 26.9. The lowest BCUT2D eigenvalue weighted by atomic mass is 9.86. The molecule has 1 nitrogen and oxygen atoms in total. The van der Waals surface area contributed by atoms with E-state index in [1.807, 2.05) is 0 Å². The summed E-state index contributed by atoms with van der Waals surface area (Å²) in [6.07, 6.45) is 5.29. The predicted octanol–water partition coefficient (Wildman–Crippen LogP) is 5.88. The third-order valence-corrected chi connectivity index (χ3v) is 4.24. The fourth-order valence-corrected chi connectivity index (χ4v) is 2.95. The lowest BCUT2D eigenvalue weighted by Crippen LogP contribution is -2.29. The molecule has 120 valence electrons. The van der Waals surface area contributed by atoms with Gasteiger partial charge in [-0.15, -0.1) is 0 Å². The van der Waals surface area contributed by atoms with Gasteiger partial charge >= 0.3 is 0 Å². The second-order valence-electron chi connectivity index (χ2n) is 5.53. The van der Waals surface area contributed by atoms with Gasteiger partial charge in [0.05, 0.1) is 0 Å². The zero-order valence-corrected chi connectivity index (χ0v) is 13.9. The van der Waals surface area contributed by atoms with Crippen molar-refractivity contribution in [1.82, 2.24) is 5.32 Å². The van der Waals surface area contributed by atoms with Crippen LogP contribution in [0.15, 0.2) is 12.1 Å². The Kier molecular flexibility index (Phi) is 8.20. The Morgan fingerprint density at radius 1 is 1.10 bits per heavy atom. The summed E-state index contributed by atoms with van der Waals surface area (Å²) in [7, 11) is 0. The van der Waals surface area contributed by atoms with Crippen LogP contribution < -0.4 is 5.32 Å². The Morgan fingerprint density at radius 2 is 1.76 bits per heavy atom. The molecule has 2 unspecified atom stereocenters. The van der Waals surface area contributed by atoms with Crippen LogP contribution in [0.3, 0.4) is 0 Å². The van der Waals surface area contributed by atoms with Crippen molar-refractivity contribution in [3.05, 3.63) is 34.4 Å². The maximum Gasteiger partial charge on any atom is 0.160 e. The summed E-state index contributed by atoms with van der Waals surface area (Å²) in [4.78, 5) is 0. The molecule has 1 aromatic carbocycles. The maximum atomic E-state index is 13.6. The molecule has 4 heteroatoms. The van der Waals surface area contributed by atoms with Crippen LogP contribution in [-0.2, 0) is 0 Å².